The van der Waals surface area contributed by atoms with Crippen molar-refractivity contribution in [1.29, 1.82) is 5.26 Å². The van der Waals surface area contributed by atoms with Crippen LogP contribution in [-0.4, -0.2) is 4.57 Å². The van der Waals surface area contributed by atoms with Crippen LogP contribution in [0.15, 0.2) is 261 Å². The van der Waals surface area contributed by atoms with Crippen LogP contribution in [-0.2, 0) is 0 Å². The lowest BCUT2D eigenvalue weighted by molar-refractivity contribution is 1.18. The molecule has 1 aromatic heterocycles. The van der Waals surface area contributed by atoms with Gasteiger partial charge in [0, 0.05) is 33.5 Å². The summed E-state index contributed by atoms with van der Waals surface area (Å²) in [5.41, 5.74) is 14.4. The summed E-state index contributed by atoms with van der Waals surface area (Å²) in [4.78, 5) is 2.30. The van der Waals surface area contributed by atoms with Crippen LogP contribution >= 0.6 is 0 Å². The van der Waals surface area contributed by atoms with Gasteiger partial charge in [0.1, 0.15) is 0 Å². The van der Waals surface area contributed by atoms with Gasteiger partial charge in [0.15, 0.2) is 0 Å². The number of aromatic nitrogens is 1. The largest absolute Gasteiger partial charge is 0.310 e. The average molecular weight is 914 g/mol. The molecule has 0 aliphatic heterocycles. The fraction of sp³-hybridized carbons (Fsp3) is 0. The van der Waals surface area contributed by atoms with Crippen LogP contribution < -0.4 is 4.90 Å². The molecule has 13 aromatic carbocycles. The molecule has 0 saturated carbocycles. The first kappa shape index (κ1) is 41.2. The van der Waals surface area contributed by atoms with Crippen molar-refractivity contribution in [1.82, 2.24) is 4.57 Å². The second-order valence-corrected chi connectivity index (χ2v) is 18.7. The van der Waals surface area contributed by atoms with E-state index in [4.69, 9.17) is 0 Å². The second kappa shape index (κ2) is 16.7. The van der Waals surface area contributed by atoms with Crippen LogP contribution in [0.3, 0.4) is 0 Å². The van der Waals surface area contributed by atoms with Crippen molar-refractivity contribution in [3.63, 3.8) is 0 Å². The van der Waals surface area contributed by atoms with E-state index in [0.717, 1.165) is 55.7 Å². The van der Waals surface area contributed by atoms with Gasteiger partial charge in [0.2, 0.25) is 0 Å². The molecule has 0 unspecified atom stereocenters. The highest BCUT2D eigenvalue weighted by Gasteiger charge is 2.22. The third-order valence-corrected chi connectivity index (χ3v) is 14.7. The van der Waals surface area contributed by atoms with Crippen molar-refractivity contribution in [2.24, 2.45) is 0 Å². The van der Waals surface area contributed by atoms with Crippen molar-refractivity contribution < 1.29 is 0 Å². The molecule has 0 atom stereocenters. The van der Waals surface area contributed by atoms with Crippen molar-refractivity contribution in [2.75, 3.05) is 4.90 Å². The Morgan fingerprint density at radius 3 is 1.51 bits per heavy atom. The molecular formula is C69H43N3. The lowest BCUT2D eigenvalue weighted by Crippen LogP contribution is -2.10. The molecule has 0 bridgehead atoms. The number of para-hydroxylation sites is 2. The Morgan fingerprint density at radius 2 is 0.806 bits per heavy atom. The van der Waals surface area contributed by atoms with Gasteiger partial charge >= 0.3 is 0 Å². The first-order valence-electron chi connectivity index (χ1n) is 24.5. The Hall–Kier alpha value is -9.75. The van der Waals surface area contributed by atoms with Crippen LogP contribution in [0.5, 0.6) is 0 Å². The molecule has 14 rings (SSSR count). The van der Waals surface area contributed by atoms with E-state index in [1.165, 1.54) is 76.1 Å². The predicted octanol–water partition coefficient (Wildman–Crippen LogP) is 18.9. The number of benzene rings is 13. The molecule has 3 nitrogen and oxygen atoms in total. The van der Waals surface area contributed by atoms with Crippen LogP contribution in [0.1, 0.15) is 5.56 Å². The van der Waals surface area contributed by atoms with Gasteiger partial charge in [-0.05, 0) is 172 Å². The van der Waals surface area contributed by atoms with Gasteiger partial charge in [-0.15, -0.1) is 0 Å². The standard InChI is InChI=1S/C69H43N3/c70-44-45-28-34-53(35-29-45)71(55-37-39-67-64(43-55)58-22-10-11-27-66(58)72(67)52-18-2-1-3-19-52)54-36-32-49-40-48(30-31-50(49)41-54)51-33-38-63-65(42-51)69(60-26-13-17-47-15-5-7-21-57(47)60)62-24-9-8-23-61(62)68(63)59-25-12-16-46-14-4-6-20-56(46)59/h1-43H. The Morgan fingerprint density at radius 1 is 0.306 bits per heavy atom. The third kappa shape index (κ3) is 6.66. The van der Waals surface area contributed by atoms with Crippen LogP contribution in [0.25, 0.3) is 115 Å². The maximum atomic E-state index is 9.77. The van der Waals surface area contributed by atoms with E-state index in [1.807, 2.05) is 24.3 Å². The van der Waals surface area contributed by atoms with Gasteiger partial charge in [-0.1, -0.05) is 176 Å². The summed E-state index contributed by atoms with van der Waals surface area (Å²) in [6.07, 6.45) is 0. The number of fused-ring (bicyclic) bond motifs is 8. The lowest BCUT2D eigenvalue weighted by Gasteiger charge is -2.26. The monoisotopic (exact) mass is 913 g/mol. The zero-order valence-corrected chi connectivity index (χ0v) is 39.2. The van der Waals surface area contributed by atoms with E-state index < -0.39 is 0 Å². The van der Waals surface area contributed by atoms with E-state index in [2.05, 4.69) is 252 Å². The van der Waals surface area contributed by atoms with Gasteiger partial charge in [-0.25, -0.2) is 0 Å². The number of hydrogen-bond donors (Lipinski definition) is 0. The Kier molecular flexibility index (Phi) is 9.59. The molecule has 0 radical (unpaired) electrons. The topological polar surface area (TPSA) is 32.0 Å². The van der Waals surface area contributed by atoms with E-state index in [0.29, 0.717) is 5.56 Å². The molecule has 14 aromatic rings. The molecule has 3 heteroatoms. The molecule has 0 fully saturated rings. The third-order valence-electron chi connectivity index (χ3n) is 14.7. The quantitative estimate of drug-likeness (QED) is 0.149. The van der Waals surface area contributed by atoms with E-state index in [9.17, 15) is 5.26 Å². The van der Waals surface area contributed by atoms with Crippen LogP contribution in [0.4, 0.5) is 17.1 Å². The minimum atomic E-state index is 0.627. The number of rotatable bonds is 7. The first-order valence-corrected chi connectivity index (χ1v) is 24.5. The average Bonchev–Trinajstić information content (AvgIpc) is 3.78. The normalized spacial score (nSPS) is 11.6. The highest BCUT2D eigenvalue weighted by molar-refractivity contribution is 6.26. The summed E-state index contributed by atoms with van der Waals surface area (Å²) in [7, 11) is 0. The summed E-state index contributed by atoms with van der Waals surface area (Å²) < 4.78 is 2.35. The molecule has 0 aliphatic carbocycles. The zero-order chi connectivity index (χ0) is 47.7. The number of nitrogens with zero attached hydrogens (tertiary/aromatic N) is 3. The summed E-state index contributed by atoms with van der Waals surface area (Å²) in [5, 5.41) is 24.3. The fourth-order valence-corrected chi connectivity index (χ4v) is 11.5. The summed E-state index contributed by atoms with van der Waals surface area (Å²) >= 11 is 0. The molecule has 0 saturated heterocycles. The minimum Gasteiger partial charge on any atom is -0.310 e. The van der Waals surface area contributed by atoms with Gasteiger partial charge in [-0.3, -0.25) is 0 Å². The molecule has 0 spiro atoms. The second-order valence-electron chi connectivity index (χ2n) is 18.7. The highest BCUT2D eigenvalue weighted by Crippen LogP contribution is 2.48. The fourth-order valence-electron chi connectivity index (χ4n) is 11.5. The SMILES string of the molecule is N#Cc1ccc(N(c2ccc3cc(-c4ccc5c(-c6cccc7ccccc67)c6ccccc6c(-c6cccc7ccccc67)c5c4)ccc3c2)c2ccc3c(c2)c2ccccc2n3-c2ccccc2)cc1. The maximum Gasteiger partial charge on any atom is 0.0991 e. The van der Waals surface area contributed by atoms with Crippen molar-refractivity contribution >= 4 is 92.7 Å². The lowest BCUT2D eigenvalue weighted by atomic mass is 9.83. The van der Waals surface area contributed by atoms with Crippen molar-refractivity contribution in [3.05, 3.63) is 266 Å². The van der Waals surface area contributed by atoms with Crippen LogP contribution in [0, 0.1) is 11.3 Å². The minimum absolute atomic E-state index is 0.627. The summed E-state index contributed by atoms with van der Waals surface area (Å²) in [5.74, 6) is 0. The molecule has 1 heterocycles. The zero-order valence-electron chi connectivity index (χ0n) is 39.2. The Labute approximate surface area is 416 Å². The van der Waals surface area contributed by atoms with E-state index in [-0.39, 0.29) is 0 Å². The molecule has 0 N–H and O–H groups in total. The van der Waals surface area contributed by atoms with E-state index in [1.54, 1.807) is 0 Å². The molecular weight excluding hydrogens is 871 g/mol. The number of hydrogen-bond acceptors (Lipinski definition) is 2. The Balaban J connectivity index is 0.935. The number of nitriles is 1. The smallest absolute Gasteiger partial charge is 0.0991 e. The summed E-state index contributed by atoms with van der Waals surface area (Å²) in [6.45, 7) is 0. The van der Waals surface area contributed by atoms with Crippen LogP contribution in [0.2, 0.25) is 0 Å². The molecule has 72 heavy (non-hydrogen) atoms. The van der Waals surface area contributed by atoms with Crippen molar-refractivity contribution in [3.8, 4) is 45.1 Å². The van der Waals surface area contributed by atoms with Crippen molar-refractivity contribution in [2.45, 2.75) is 0 Å². The van der Waals surface area contributed by atoms with Gasteiger partial charge in [0.25, 0.3) is 0 Å². The first-order chi connectivity index (χ1) is 35.7. The summed E-state index contributed by atoms with van der Waals surface area (Å²) in [6, 6.07) is 96.8. The predicted molar refractivity (Wildman–Crippen MR) is 304 cm³/mol. The molecule has 0 aliphatic rings. The van der Waals surface area contributed by atoms with Gasteiger partial charge < -0.3 is 9.47 Å². The van der Waals surface area contributed by atoms with Gasteiger partial charge in [0.05, 0.1) is 22.7 Å². The molecule has 0 amide bonds. The molecule has 334 valence electrons. The number of anilines is 3. The highest BCUT2D eigenvalue weighted by atomic mass is 15.1. The van der Waals surface area contributed by atoms with E-state index >= 15 is 0 Å². The Bertz CT molecular complexity index is 4510. The maximum absolute atomic E-state index is 9.77. The van der Waals surface area contributed by atoms with Gasteiger partial charge in [-0.2, -0.15) is 5.26 Å².